The van der Waals surface area contributed by atoms with Gasteiger partial charge in [-0.3, -0.25) is 0 Å². The summed E-state index contributed by atoms with van der Waals surface area (Å²) in [5, 5.41) is 3.54. The van der Waals surface area contributed by atoms with Crippen molar-refractivity contribution in [2.75, 3.05) is 34.8 Å². The van der Waals surface area contributed by atoms with Crippen molar-refractivity contribution < 1.29 is 0 Å². The summed E-state index contributed by atoms with van der Waals surface area (Å²) >= 11 is 5.66. The molecule has 0 saturated carbocycles. The second-order valence-corrected chi connectivity index (χ2v) is 6.36. The highest BCUT2D eigenvalue weighted by Crippen LogP contribution is 2.36. The van der Waals surface area contributed by atoms with Crippen molar-refractivity contribution in [2.24, 2.45) is 0 Å². The van der Waals surface area contributed by atoms with E-state index < -0.39 is 0 Å². The third kappa shape index (κ3) is 1.93. The number of nitrogens with one attached hydrogen (secondary N) is 1. The lowest BCUT2D eigenvalue weighted by Gasteiger charge is -2.36. The molecule has 1 aromatic carbocycles. The van der Waals surface area contributed by atoms with Crippen LogP contribution in [0.3, 0.4) is 0 Å². The predicted octanol–water partition coefficient (Wildman–Crippen LogP) is 3.19. The third-order valence-corrected chi connectivity index (χ3v) is 4.87. The highest BCUT2D eigenvalue weighted by Gasteiger charge is 2.26. The molecule has 4 heteroatoms. The Hall–Kier alpha value is -0.350. The molecule has 1 atom stereocenters. The standard InChI is InChI=1S/C12H15BrN2S/c13-9-1-2-11-12(7-9)15-5-6-16-8-10(15)3-4-14-11/h1-2,7,10,14H,3-6,8H2. The van der Waals surface area contributed by atoms with E-state index in [1.807, 2.05) is 0 Å². The van der Waals surface area contributed by atoms with Gasteiger partial charge in [0.05, 0.1) is 11.4 Å². The van der Waals surface area contributed by atoms with Crippen LogP contribution < -0.4 is 10.2 Å². The molecule has 1 unspecified atom stereocenters. The molecule has 16 heavy (non-hydrogen) atoms. The van der Waals surface area contributed by atoms with Gasteiger partial charge in [0.25, 0.3) is 0 Å². The van der Waals surface area contributed by atoms with Gasteiger partial charge in [0.2, 0.25) is 0 Å². The minimum Gasteiger partial charge on any atom is -0.383 e. The van der Waals surface area contributed by atoms with Crippen LogP contribution in [0.25, 0.3) is 0 Å². The Bertz CT molecular complexity index is 397. The molecule has 1 aromatic rings. The zero-order chi connectivity index (χ0) is 11.0. The van der Waals surface area contributed by atoms with Gasteiger partial charge < -0.3 is 10.2 Å². The molecule has 86 valence electrons. The van der Waals surface area contributed by atoms with Crippen molar-refractivity contribution in [3.63, 3.8) is 0 Å². The van der Waals surface area contributed by atoms with E-state index in [9.17, 15) is 0 Å². The first-order valence-electron chi connectivity index (χ1n) is 5.72. The number of nitrogens with zero attached hydrogens (tertiary/aromatic N) is 1. The number of hydrogen-bond acceptors (Lipinski definition) is 3. The molecular formula is C12H15BrN2S. The summed E-state index contributed by atoms with van der Waals surface area (Å²) in [5.41, 5.74) is 2.66. The van der Waals surface area contributed by atoms with Crippen LogP contribution in [0.4, 0.5) is 11.4 Å². The molecule has 0 radical (unpaired) electrons. The highest BCUT2D eigenvalue weighted by atomic mass is 79.9. The van der Waals surface area contributed by atoms with Gasteiger partial charge in [-0.25, -0.2) is 0 Å². The van der Waals surface area contributed by atoms with Gasteiger partial charge in [-0.05, 0) is 24.6 Å². The zero-order valence-corrected chi connectivity index (χ0v) is 11.5. The number of hydrogen-bond donors (Lipinski definition) is 1. The molecule has 2 nitrogen and oxygen atoms in total. The number of anilines is 2. The Morgan fingerprint density at radius 3 is 3.31 bits per heavy atom. The number of fused-ring (bicyclic) bond motifs is 3. The molecule has 1 fully saturated rings. The minimum atomic E-state index is 0.710. The van der Waals surface area contributed by atoms with Crippen LogP contribution in [0.15, 0.2) is 22.7 Å². The van der Waals surface area contributed by atoms with Gasteiger partial charge in [-0.2, -0.15) is 11.8 Å². The van der Waals surface area contributed by atoms with Gasteiger partial charge in [0, 0.05) is 35.1 Å². The summed E-state index contributed by atoms with van der Waals surface area (Å²) in [5.74, 6) is 2.52. The van der Waals surface area contributed by atoms with Crippen LogP contribution in [0.2, 0.25) is 0 Å². The molecule has 0 aromatic heterocycles. The van der Waals surface area contributed by atoms with Gasteiger partial charge in [-0.1, -0.05) is 15.9 Å². The summed E-state index contributed by atoms with van der Waals surface area (Å²) in [6.07, 6.45) is 1.25. The molecule has 2 aliphatic rings. The SMILES string of the molecule is Brc1ccc2c(c1)N1CCSCC1CCN2. The summed E-state index contributed by atoms with van der Waals surface area (Å²) in [4.78, 5) is 2.58. The summed E-state index contributed by atoms with van der Waals surface area (Å²) < 4.78 is 1.17. The van der Waals surface area contributed by atoms with Crippen molar-refractivity contribution in [3.05, 3.63) is 22.7 Å². The van der Waals surface area contributed by atoms with Crippen molar-refractivity contribution in [3.8, 4) is 0 Å². The summed E-state index contributed by atoms with van der Waals surface area (Å²) in [6, 6.07) is 7.26. The van der Waals surface area contributed by atoms with Gasteiger partial charge in [0.1, 0.15) is 0 Å². The second-order valence-electron chi connectivity index (χ2n) is 4.30. The fraction of sp³-hybridized carbons (Fsp3) is 0.500. The van der Waals surface area contributed by atoms with E-state index in [0.717, 1.165) is 6.54 Å². The Morgan fingerprint density at radius 2 is 2.38 bits per heavy atom. The first kappa shape index (κ1) is 10.8. The molecule has 0 aliphatic carbocycles. The van der Waals surface area contributed by atoms with Crippen LogP contribution in [0.1, 0.15) is 6.42 Å². The molecule has 1 saturated heterocycles. The van der Waals surface area contributed by atoms with E-state index in [-0.39, 0.29) is 0 Å². The number of rotatable bonds is 0. The van der Waals surface area contributed by atoms with E-state index in [1.165, 1.54) is 40.3 Å². The number of halogens is 1. The molecule has 0 spiro atoms. The predicted molar refractivity (Wildman–Crippen MR) is 75.7 cm³/mol. The van der Waals surface area contributed by atoms with Crippen LogP contribution >= 0.6 is 27.7 Å². The lowest BCUT2D eigenvalue weighted by molar-refractivity contribution is 0.625. The summed E-state index contributed by atoms with van der Waals surface area (Å²) in [6.45, 7) is 2.27. The first-order chi connectivity index (χ1) is 7.84. The Labute approximate surface area is 109 Å². The fourth-order valence-corrected chi connectivity index (χ4v) is 3.94. The Kier molecular flexibility index (Phi) is 3.03. The topological polar surface area (TPSA) is 15.3 Å². The smallest absolute Gasteiger partial charge is 0.0616 e. The van der Waals surface area contributed by atoms with E-state index >= 15 is 0 Å². The van der Waals surface area contributed by atoms with E-state index in [1.54, 1.807) is 0 Å². The van der Waals surface area contributed by atoms with Gasteiger partial charge in [-0.15, -0.1) is 0 Å². The van der Waals surface area contributed by atoms with Crippen molar-refractivity contribution in [1.29, 1.82) is 0 Å². The molecule has 0 amide bonds. The third-order valence-electron chi connectivity index (χ3n) is 3.29. The van der Waals surface area contributed by atoms with Crippen molar-refractivity contribution in [2.45, 2.75) is 12.5 Å². The lowest BCUT2D eigenvalue weighted by atomic mass is 10.2. The van der Waals surface area contributed by atoms with Crippen LogP contribution in [0, 0.1) is 0 Å². The molecule has 2 heterocycles. The van der Waals surface area contributed by atoms with E-state index in [2.05, 4.69) is 56.1 Å². The van der Waals surface area contributed by atoms with Gasteiger partial charge in [0.15, 0.2) is 0 Å². The Balaban J connectivity index is 2.02. The van der Waals surface area contributed by atoms with Crippen LogP contribution in [-0.2, 0) is 0 Å². The maximum Gasteiger partial charge on any atom is 0.0616 e. The van der Waals surface area contributed by atoms with E-state index in [0.29, 0.717) is 6.04 Å². The number of thioether (sulfide) groups is 1. The average Bonchev–Trinajstić information content (AvgIpc) is 2.48. The highest BCUT2D eigenvalue weighted by molar-refractivity contribution is 9.10. The number of benzene rings is 1. The average molecular weight is 299 g/mol. The first-order valence-corrected chi connectivity index (χ1v) is 7.67. The van der Waals surface area contributed by atoms with Gasteiger partial charge >= 0.3 is 0 Å². The normalized spacial score (nSPS) is 24.1. The maximum absolute atomic E-state index is 3.57. The van der Waals surface area contributed by atoms with Crippen LogP contribution in [-0.4, -0.2) is 30.6 Å². The maximum atomic E-state index is 3.57. The van der Waals surface area contributed by atoms with Crippen molar-refractivity contribution >= 4 is 39.1 Å². The Morgan fingerprint density at radius 1 is 1.44 bits per heavy atom. The minimum absolute atomic E-state index is 0.710. The second kappa shape index (κ2) is 4.49. The van der Waals surface area contributed by atoms with Crippen LogP contribution in [0.5, 0.6) is 0 Å². The molecule has 1 N–H and O–H groups in total. The zero-order valence-electron chi connectivity index (χ0n) is 9.08. The molecule has 3 rings (SSSR count). The fourth-order valence-electron chi connectivity index (χ4n) is 2.48. The molecule has 0 bridgehead atoms. The molecule has 2 aliphatic heterocycles. The quantitative estimate of drug-likeness (QED) is 0.792. The van der Waals surface area contributed by atoms with E-state index in [4.69, 9.17) is 0 Å². The monoisotopic (exact) mass is 298 g/mol. The summed E-state index contributed by atoms with van der Waals surface area (Å²) in [7, 11) is 0. The largest absolute Gasteiger partial charge is 0.383 e. The van der Waals surface area contributed by atoms with Crippen molar-refractivity contribution in [1.82, 2.24) is 0 Å². The lowest BCUT2D eigenvalue weighted by Crippen LogP contribution is -2.42. The molecular weight excluding hydrogens is 284 g/mol.